The van der Waals surface area contributed by atoms with Gasteiger partial charge in [0.05, 0.1) is 0 Å². The van der Waals surface area contributed by atoms with E-state index < -0.39 is 6.16 Å². The molecule has 0 heterocycles. The zero-order valence-corrected chi connectivity index (χ0v) is 12.2. The van der Waals surface area contributed by atoms with E-state index in [0.29, 0.717) is 11.7 Å². The summed E-state index contributed by atoms with van der Waals surface area (Å²) in [6.07, 6.45) is 8.29. The Morgan fingerprint density at radius 2 is 2.05 bits per heavy atom. The summed E-state index contributed by atoms with van der Waals surface area (Å²) in [6.45, 7) is 2.14. The number of carboxylic acid groups (broad SMARTS) is 1. The van der Waals surface area contributed by atoms with Crippen LogP contribution < -0.4 is 4.74 Å². The van der Waals surface area contributed by atoms with Crippen molar-refractivity contribution in [2.45, 2.75) is 64.2 Å². The Morgan fingerprint density at radius 3 is 2.70 bits per heavy atom. The van der Waals surface area contributed by atoms with E-state index in [0.717, 1.165) is 24.8 Å². The Morgan fingerprint density at radius 1 is 1.30 bits per heavy atom. The SMILES string of the molecule is CCCCc1cc(C2CCCCC2)ccc1OC(=O)O. The third kappa shape index (κ3) is 3.99. The Balaban J connectivity index is 2.19. The molecule has 1 fully saturated rings. The molecule has 0 spiro atoms. The zero-order valence-electron chi connectivity index (χ0n) is 12.2. The second-order valence-corrected chi connectivity index (χ2v) is 5.67. The molecule has 0 bridgehead atoms. The van der Waals surface area contributed by atoms with Crippen molar-refractivity contribution in [3.8, 4) is 5.75 Å². The van der Waals surface area contributed by atoms with E-state index in [1.54, 1.807) is 0 Å². The number of benzene rings is 1. The maximum atomic E-state index is 10.8. The second-order valence-electron chi connectivity index (χ2n) is 5.67. The fourth-order valence-electron chi connectivity index (χ4n) is 3.05. The molecule has 1 saturated carbocycles. The van der Waals surface area contributed by atoms with E-state index >= 15 is 0 Å². The number of carbonyl (C=O) groups is 1. The van der Waals surface area contributed by atoms with E-state index in [-0.39, 0.29) is 0 Å². The fraction of sp³-hybridized carbons (Fsp3) is 0.588. The number of hydrogen-bond acceptors (Lipinski definition) is 2. The van der Waals surface area contributed by atoms with Crippen LogP contribution in [-0.2, 0) is 6.42 Å². The van der Waals surface area contributed by atoms with Gasteiger partial charge in [-0.25, -0.2) is 4.79 Å². The van der Waals surface area contributed by atoms with Crippen LogP contribution in [0.4, 0.5) is 4.79 Å². The number of unbranched alkanes of at least 4 members (excludes halogenated alkanes) is 1. The lowest BCUT2D eigenvalue weighted by Crippen LogP contribution is -2.08. The van der Waals surface area contributed by atoms with Gasteiger partial charge in [0.25, 0.3) is 0 Å². The Labute approximate surface area is 121 Å². The third-order valence-electron chi connectivity index (χ3n) is 4.16. The first-order valence-electron chi connectivity index (χ1n) is 7.74. The third-order valence-corrected chi connectivity index (χ3v) is 4.16. The van der Waals surface area contributed by atoms with Crippen LogP contribution in [0.3, 0.4) is 0 Å². The predicted molar refractivity (Wildman–Crippen MR) is 79.5 cm³/mol. The standard InChI is InChI=1S/C17H24O3/c1-2-3-7-15-12-14(13-8-5-4-6-9-13)10-11-16(15)20-17(18)19/h10-13H,2-9H2,1H3,(H,18,19). The van der Waals surface area contributed by atoms with Crippen LogP contribution in [-0.4, -0.2) is 11.3 Å². The topological polar surface area (TPSA) is 46.5 Å². The van der Waals surface area contributed by atoms with E-state index in [2.05, 4.69) is 13.0 Å². The van der Waals surface area contributed by atoms with Crippen molar-refractivity contribution in [2.24, 2.45) is 0 Å². The van der Waals surface area contributed by atoms with Gasteiger partial charge in [0, 0.05) is 0 Å². The van der Waals surface area contributed by atoms with Crippen molar-refractivity contribution in [2.75, 3.05) is 0 Å². The van der Waals surface area contributed by atoms with Gasteiger partial charge in [0.2, 0.25) is 0 Å². The molecule has 3 heteroatoms. The van der Waals surface area contributed by atoms with Crippen LogP contribution in [0.2, 0.25) is 0 Å². The van der Waals surface area contributed by atoms with Crippen molar-refractivity contribution < 1.29 is 14.6 Å². The highest BCUT2D eigenvalue weighted by molar-refractivity contribution is 5.62. The lowest BCUT2D eigenvalue weighted by molar-refractivity contribution is 0.144. The predicted octanol–water partition coefficient (Wildman–Crippen LogP) is 5.13. The van der Waals surface area contributed by atoms with Crippen LogP contribution in [0.15, 0.2) is 18.2 Å². The van der Waals surface area contributed by atoms with E-state index in [1.807, 2.05) is 12.1 Å². The molecule has 110 valence electrons. The zero-order chi connectivity index (χ0) is 14.4. The van der Waals surface area contributed by atoms with Gasteiger partial charge in [-0.2, -0.15) is 0 Å². The molecule has 0 saturated heterocycles. The minimum absolute atomic E-state index is 0.505. The highest BCUT2D eigenvalue weighted by atomic mass is 16.7. The van der Waals surface area contributed by atoms with Crippen LogP contribution in [0.5, 0.6) is 5.75 Å². The summed E-state index contributed by atoms with van der Waals surface area (Å²) in [6, 6.07) is 6.05. The first-order chi connectivity index (χ1) is 9.70. The Hall–Kier alpha value is -1.51. The number of rotatable bonds is 5. The molecule has 0 aromatic heterocycles. The molecule has 20 heavy (non-hydrogen) atoms. The monoisotopic (exact) mass is 276 g/mol. The lowest BCUT2D eigenvalue weighted by atomic mass is 9.83. The molecule has 1 aromatic carbocycles. The Kier molecular flexibility index (Phi) is 5.45. The Bertz CT molecular complexity index is 448. The van der Waals surface area contributed by atoms with Gasteiger partial charge in [-0.15, -0.1) is 0 Å². The number of aryl methyl sites for hydroxylation is 1. The summed E-state index contributed by atoms with van der Waals surface area (Å²) < 4.78 is 4.90. The molecular weight excluding hydrogens is 252 g/mol. The van der Waals surface area contributed by atoms with E-state index in [9.17, 15) is 4.79 Å². The van der Waals surface area contributed by atoms with Crippen molar-refractivity contribution in [1.82, 2.24) is 0 Å². The van der Waals surface area contributed by atoms with Gasteiger partial charge in [-0.3, -0.25) is 0 Å². The minimum atomic E-state index is -1.23. The van der Waals surface area contributed by atoms with Crippen LogP contribution in [0.25, 0.3) is 0 Å². The lowest BCUT2D eigenvalue weighted by Gasteiger charge is -2.23. The van der Waals surface area contributed by atoms with Gasteiger partial charge in [-0.05, 0) is 48.8 Å². The molecule has 1 aromatic rings. The van der Waals surface area contributed by atoms with Crippen LogP contribution in [0.1, 0.15) is 68.9 Å². The molecule has 3 nitrogen and oxygen atoms in total. The summed E-state index contributed by atoms with van der Waals surface area (Å²) in [5.41, 5.74) is 2.39. The summed E-state index contributed by atoms with van der Waals surface area (Å²) >= 11 is 0. The average Bonchev–Trinajstić information content (AvgIpc) is 2.46. The van der Waals surface area contributed by atoms with Gasteiger partial charge < -0.3 is 9.84 Å². The molecule has 0 radical (unpaired) electrons. The smallest absolute Gasteiger partial charge is 0.449 e. The summed E-state index contributed by atoms with van der Waals surface area (Å²) in [7, 11) is 0. The highest BCUT2D eigenvalue weighted by Crippen LogP contribution is 2.35. The van der Waals surface area contributed by atoms with Crippen molar-refractivity contribution in [1.29, 1.82) is 0 Å². The first-order valence-corrected chi connectivity index (χ1v) is 7.74. The van der Waals surface area contributed by atoms with Gasteiger partial charge in [0.15, 0.2) is 0 Å². The quantitative estimate of drug-likeness (QED) is 0.598. The first kappa shape index (κ1) is 14.9. The van der Waals surface area contributed by atoms with Crippen molar-refractivity contribution in [3.05, 3.63) is 29.3 Å². The van der Waals surface area contributed by atoms with Crippen molar-refractivity contribution in [3.63, 3.8) is 0 Å². The molecule has 0 amide bonds. The number of ether oxygens (including phenoxy) is 1. The highest BCUT2D eigenvalue weighted by Gasteiger charge is 2.17. The minimum Gasteiger partial charge on any atom is -0.449 e. The van der Waals surface area contributed by atoms with Crippen molar-refractivity contribution >= 4 is 6.16 Å². The average molecular weight is 276 g/mol. The largest absolute Gasteiger partial charge is 0.511 e. The molecule has 2 rings (SSSR count). The van der Waals surface area contributed by atoms with Gasteiger partial charge in [-0.1, -0.05) is 44.7 Å². The fourth-order valence-corrected chi connectivity index (χ4v) is 3.05. The molecule has 0 unspecified atom stereocenters. The normalized spacial score (nSPS) is 16.1. The van der Waals surface area contributed by atoms with E-state index in [1.165, 1.54) is 37.7 Å². The van der Waals surface area contributed by atoms with Gasteiger partial charge >= 0.3 is 6.16 Å². The maximum absolute atomic E-state index is 10.8. The molecule has 1 aliphatic rings. The second kappa shape index (κ2) is 7.32. The number of hydrogen-bond donors (Lipinski definition) is 1. The maximum Gasteiger partial charge on any atom is 0.511 e. The molecular formula is C17H24O3. The van der Waals surface area contributed by atoms with Gasteiger partial charge in [0.1, 0.15) is 5.75 Å². The molecule has 1 N–H and O–H groups in total. The summed E-state index contributed by atoms with van der Waals surface area (Å²) in [5.74, 6) is 1.15. The summed E-state index contributed by atoms with van der Waals surface area (Å²) in [5, 5.41) is 8.81. The summed E-state index contributed by atoms with van der Waals surface area (Å²) in [4.78, 5) is 10.8. The van der Waals surface area contributed by atoms with Crippen LogP contribution >= 0.6 is 0 Å². The molecule has 0 aliphatic heterocycles. The molecule has 0 atom stereocenters. The van der Waals surface area contributed by atoms with Crippen LogP contribution in [0, 0.1) is 0 Å². The molecule has 1 aliphatic carbocycles. The van der Waals surface area contributed by atoms with E-state index in [4.69, 9.17) is 9.84 Å².